The zero-order valence-electron chi connectivity index (χ0n) is 12.2. The fourth-order valence-electron chi connectivity index (χ4n) is 3.26. The number of piperidine rings is 2. The third kappa shape index (κ3) is 4.29. The van der Waals surface area contributed by atoms with Gasteiger partial charge in [0, 0.05) is 24.0 Å². The molecule has 3 rings (SSSR count). The lowest BCUT2D eigenvalue weighted by Crippen LogP contribution is -2.45. The Morgan fingerprint density at radius 3 is 2.29 bits per heavy atom. The van der Waals surface area contributed by atoms with Gasteiger partial charge in [0.25, 0.3) is 0 Å². The molecule has 0 unspecified atom stereocenters. The molecule has 2 aliphatic heterocycles. The van der Waals surface area contributed by atoms with Gasteiger partial charge in [-0.25, -0.2) is 4.31 Å². The SMILES string of the molecule is Clc1ccc(SN2CCC(N3CCCCC3)CC2)cc1Cl. The lowest BCUT2D eigenvalue weighted by molar-refractivity contribution is 0.120. The predicted octanol–water partition coefficient (Wildman–Crippen LogP) is 4.95. The summed E-state index contributed by atoms with van der Waals surface area (Å²) in [5, 5.41) is 1.27. The molecule has 2 heterocycles. The standard InChI is InChI=1S/C16H22Cl2N2S/c17-15-5-4-14(12-16(15)18)21-20-10-6-13(7-11-20)19-8-2-1-3-9-19/h4-5,12-13H,1-3,6-11H2. The second-order valence-electron chi connectivity index (χ2n) is 5.92. The summed E-state index contributed by atoms with van der Waals surface area (Å²) >= 11 is 13.9. The first-order chi connectivity index (χ1) is 10.2. The van der Waals surface area contributed by atoms with Crippen molar-refractivity contribution in [1.82, 2.24) is 9.21 Å². The number of hydrogen-bond donors (Lipinski definition) is 0. The van der Waals surface area contributed by atoms with E-state index in [0.29, 0.717) is 10.0 Å². The highest BCUT2D eigenvalue weighted by atomic mass is 35.5. The average Bonchev–Trinajstić information content (AvgIpc) is 2.53. The van der Waals surface area contributed by atoms with Gasteiger partial charge in [-0.3, -0.25) is 0 Å². The van der Waals surface area contributed by atoms with Gasteiger partial charge in [-0.05, 0) is 68.9 Å². The van der Waals surface area contributed by atoms with Crippen molar-refractivity contribution < 1.29 is 0 Å². The Hall–Kier alpha value is 0.0700. The Labute approximate surface area is 141 Å². The Balaban J connectivity index is 1.50. The van der Waals surface area contributed by atoms with Crippen LogP contribution in [0.15, 0.2) is 23.1 Å². The van der Waals surface area contributed by atoms with E-state index in [2.05, 4.69) is 15.3 Å². The molecule has 2 aliphatic rings. The zero-order valence-corrected chi connectivity index (χ0v) is 14.6. The van der Waals surface area contributed by atoms with E-state index in [-0.39, 0.29) is 0 Å². The van der Waals surface area contributed by atoms with E-state index >= 15 is 0 Å². The summed E-state index contributed by atoms with van der Waals surface area (Å²) in [5.41, 5.74) is 0. The van der Waals surface area contributed by atoms with E-state index < -0.39 is 0 Å². The minimum atomic E-state index is 0.629. The maximum atomic E-state index is 6.09. The van der Waals surface area contributed by atoms with Crippen LogP contribution in [0.2, 0.25) is 10.0 Å². The molecule has 0 N–H and O–H groups in total. The van der Waals surface area contributed by atoms with Crippen LogP contribution in [0.5, 0.6) is 0 Å². The smallest absolute Gasteiger partial charge is 0.0603 e. The summed E-state index contributed by atoms with van der Waals surface area (Å²) in [6.07, 6.45) is 6.77. The fraction of sp³-hybridized carbons (Fsp3) is 0.625. The minimum Gasteiger partial charge on any atom is -0.300 e. The van der Waals surface area contributed by atoms with Crippen molar-refractivity contribution >= 4 is 35.1 Å². The van der Waals surface area contributed by atoms with Crippen LogP contribution >= 0.6 is 35.1 Å². The quantitative estimate of drug-likeness (QED) is 0.716. The van der Waals surface area contributed by atoms with Gasteiger partial charge >= 0.3 is 0 Å². The van der Waals surface area contributed by atoms with Crippen LogP contribution < -0.4 is 0 Å². The topological polar surface area (TPSA) is 6.48 Å². The molecule has 0 atom stereocenters. The third-order valence-corrected chi connectivity index (χ3v) is 6.28. The first-order valence-electron chi connectivity index (χ1n) is 7.84. The fourth-order valence-corrected chi connectivity index (χ4v) is 4.62. The maximum absolute atomic E-state index is 6.09. The molecule has 0 bridgehead atoms. The van der Waals surface area contributed by atoms with E-state index in [1.807, 2.05) is 24.1 Å². The molecule has 0 radical (unpaired) electrons. The van der Waals surface area contributed by atoms with Gasteiger partial charge in [-0.1, -0.05) is 29.6 Å². The highest BCUT2D eigenvalue weighted by Crippen LogP contribution is 2.32. The van der Waals surface area contributed by atoms with Crippen LogP contribution in [0.4, 0.5) is 0 Å². The van der Waals surface area contributed by atoms with Crippen molar-refractivity contribution in [3.8, 4) is 0 Å². The Morgan fingerprint density at radius 2 is 1.62 bits per heavy atom. The predicted molar refractivity (Wildman–Crippen MR) is 92.3 cm³/mol. The van der Waals surface area contributed by atoms with Gasteiger partial charge in [0.2, 0.25) is 0 Å². The molecule has 0 saturated carbocycles. The number of halogens is 2. The van der Waals surface area contributed by atoms with E-state index in [1.165, 1.54) is 50.1 Å². The molecular formula is C16H22Cl2N2S. The number of benzene rings is 1. The van der Waals surface area contributed by atoms with Crippen LogP contribution in [0, 0.1) is 0 Å². The second-order valence-corrected chi connectivity index (χ2v) is 7.91. The second kappa shape index (κ2) is 7.56. The Kier molecular flexibility index (Phi) is 5.74. The van der Waals surface area contributed by atoms with Crippen molar-refractivity contribution in [2.75, 3.05) is 26.2 Å². The van der Waals surface area contributed by atoms with Crippen molar-refractivity contribution in [2.24, 2.45) is 0 Å². The molecule has 2 nitrogen and oxygen atoms in total. The molecule has 0 aliphatic carbocycles. The van der Waals surface area contributed by atoms with Crippen LogP contribution in [0.1, 0.15) is 32.1 Å². The van der Waals surface area contributed by atoms with E-state index in [1.54, 1.807) is 0 Å². The van der Waals surface area contributed by atoms with Crippen LogP contribution in [0.25, 0.3) is 0 Å². The zero-order chi connectivity index (χ0) is 14.7. The monoisotopic (exact) mass is 344 g/mol. The molecule has 0 amide bonds. The molecule has 1 aromatic rings. The maximum Gasteiger partial charge on any atom is 0.0603 e. The average molecular weight is 345 g/mol. The van der Waals surface area contributed by atoms with Crippen molar-refractivity contribution in [2.45, 2.75) is 43.0 Å². The van der Waals surface area contributed by atoms with Crippen molar-refractivity contribution in [3.63, 3.8) is 0 Å². The number of nitrogens with zero attached hydrogens (tertiary/aromatic N) is 2. The number of likely N-dealkylation sites (tertiary alicyclic amines) is 1. The van der Waals surface area contributed by atoms with E-state index in [0.717, 1.165) is 19.1 Å². The first-order valence-corrected chi connectivity index (χ1v) is 9.37. The summed E-state index contributed by atoms with van der Waals surface area (Å²) in [4.78, 5) is 3.89. The van der Waals surface area contributed by atoms with Gasteiger partial charge in [-0.15, -0.1) is 0 Å². The van der Waals surface area contributed by atoms with Gasteiger partial charge in [0.15, 0.2) is 0 Å². The molecule has 2 saturated heterocycles. The molecule has 21 heavy (non-hydrogen) atoms. The molecular weight excluding hydrogens is 323 g/mol. The molecule has 0 aromatic heterocycles. The van der Waals surface area contributed by atoms with Gasteiger partial charge in [0.05, 0.1) is 10.0 Å². The molecule has 2 fully saturated rings. The third-order valence-electron chi connectivity index (χ3n) is 4.46. The molecule has 1 aromatic carbocycles. The van der Waals surface area contributed by atoms with Gasteiger partial charge in [0.1, 0.15) is 0 Å². The van der Waals surface area contributed by atoms with Crippen LogP contribution in [-0.2, 0) is 0 Å². The highest BCUT2D eigenvalue weighted by Gasteiger charge is 2.25. The summed E-state index contributed by atoms with van der Waals surface area (Å²) in [5.74, 6) is 0. The summed E-state index contributed by atoms with van der Waals surface area (Å²) < 4.78 is 2.46. The highest BCUT2D eigenvalue weighted by molar-refractivity contribution is 7.97. The van der Waals surface area contributed by atoms with Crippen LogP contribution in [0.3, 0.4) is 0 Å². The van der Waals surface area contributed by atoms with Crippen LogP contribution in [-0.4, -0.2) is 41.4 Å². The molecule has 116 valence electrons. The number of rotatable bonds is 3. The van der Waals surface area contributed by atoms with Crippen molar-refractivity contribution in [3.05, 3.63) is 28.2 Å². The summed E-state index contributed by atoms with van der Waals surface area (Å²) in [7, 11) is 0. The molecule has 5 heteroatoms. The Morgan fingerprint density at radius 1 is 0.905 bits per heavy atom. The summed E-state index contributed by atoms with van der Waals surface area (Å²) in [6.45, 7) is 4.94. The normalized spacial score (nSPS) is 22.6. The Bertz CT molecular complexity index is 469. The lowest BCUT2D eigenvalue weighted by atomic mass is 10.0. The summed E-state index contributed by atoms with van der Waals surface area (Å²) in [6, 6.07) is 6.70. The van der Waals surface area contributed by atoms with E-state index in [4.69, 9.17) is 23.2 Å². The number of hydrogen-bond acceptors (Lipinski definition) is 3. The molecule has 0 spiro atoms. The van der Waals surface area contributed by atoms with Crippen molar-refractivity contribution in [1.29, 1.82) is 0 Å². The van der Waals surface area contributed by atoms with E-state index in [9.17, 15) is 0 Å². The lowest BCUT2D eigenvalue weighted by Gasteiger charge is -2.39. The van der Waals surface area contributed by atoms with Gasteiger partial charge in [-0.2, -0.15) is 0 Å². The largest absolute Gasteiger partial charge is 0.300 e. The minimum absolute atomic E-state index is 0.629. The first kappa shape index (κ1) is 15.9. The van der Waals surface area contributed by atoms with Gasteiger partial charge < -0.3 is 4.90 Å².